The maximum Gasteiger partial charge on any atom is 0.416 e. The maximum absolute atomic E-state index is 13.0. The molecule has 174 valence electrons. The van der Waals surface area contributed by atoms with Gasteiger partial charge in [-0.15, -0.1) is 5.10 Å². The summed E-state index contributed by atoms with van der Waals surface area (Å²) < 4.78 is 79.2. The Morgan fingerprint density at radius 2 is 1.69 bits per heavy atom. The Morgan fingerprint density at radius 1 is 1.09 bits per heavy atom. The van der Waals surface area contributed by atoms with E-state index < -0.39 is 29.0 Å². The van der Waals surface area contributed by atoms with Crippen LogP contribution in [0.15, 0.2) is 30.6 Å². The van der Waals surface area contributed by atoms with E-state index in [1.165, 1.54) is 12.3 Å². The predicted molar refractivity (Wildman–Crippen MR) is 104 cm³/mol. The molecule has 0 bridgehead atoms. The molecule has 12 heteroatoms. The van der Waals surface area contributed by atoms with Gasteiger partial charge in [-0.2, -0.15) is 26.3 Å². The van der Waals surface area contributed by atoms with Gasteiger partial charge in [0.2, 0.25) is 5.91 Å². The number of hydrogen-bond donors (Lipinski definition) is 1. The highest BCUT2D eigenvalue weighted by molar-refractivity contribution is 5.90. The molecule has 1 N–H and O–H groups in total. The van der Waals surface area contributed by atoms with Gasteiger partial charge in [0.25, 0.3) is 0 Å². The molecule has 1 fully saturated rings. The van der Waals surface area contributed by atoms with E-state index in [-0.39, 0.29) is 17.8 Å². The molecule has 1 amide bonds. The summed E-state index contributed by atoms with van der Waals surface area (Å²) in [6.07, 6.45) is -4.51. The predicted octanol–water partition coefficient (Wildman–Crippen LogP) is 3.91. The van der Waals surface area contributed by atoms with Gasteiger partial charge in [-0.05, 0) is 57.1 Å². The van der Waals surface area contributed by atoms with Crippen LogP contribution in [0.4, 0.5) is 26.3 Å². The summed E-state index contributed by atoms with van der Waals surface area (Å²) in [6.45, 7) is 2.44. The Morgan fingerprint density at radius 3 is 2.25 bits per heavy atom. The fraction of sp³-hybridized carbons (Fsp3) is 0.450. The minimum atomic E-state index is -4.97. The molecular weight excluding hydrogens is 440 g/mol. The summed E-state index contributed by atoms with van der Waals surface area (Å²) in [5, 5.41) is 6.62. The number of likely N-dealkylation sites (tertiary alicyclic amines) is 1. The van der Waals surface area contributed by atoms with Gasteiger partial charge in [0, 0.05) is 24.4 Å². The average molecular weight is 461 g/mol. The van der Waals surface area contributed by atoms with Crippen LogP contribution in [0, 0.1) is 5.92 Å². The summed E-state index contributed by atoms with van der Waals surface area (Å²) in [7, 11) is 2.03. The molecule has 1 aromatic carbocycles. The number of rotatable bonds is 5. The zero-order valence-electron chi connectivity index (χ0n) is 17.0. The molecule has 1 aromatic heterocycles. The summed E-state index contributed by atoms with van der Waals surface area (Å²) in [5.41, 5.74) is -3.35. The number of nitrogens with one attached hydrogen (secondary N) is 1. The number of piperidine rings is 1. The van der Waals surface area contributed by atoms with Gasteiger partial charge in [0.15, 0.2) is 5.82 Å². The van der Waals surface area contributed by atoms with Gasteiger partial charge in [0.1, 0.15) is 6.33 Å². The molecule has 6 nitrogen and oxygen atoms in total. The van der Waals surface area contributed by atoms with Crippen LogP contribution in [-0.4, -0.2) is 52.3 Å². The van der Waals surface area contributed by atoms with Crippen LogP contribution >= 0.6 is 0 Å². The van der Waals surface area contributed by atoms with Crippen molar-refractivity contribution in [2.75, 3.05) is 26.7 Å². The molecular formula is C20H21F6N5O. The fourth-order valence-electron chi connectivity index (χ4n) is 3.28. The lowest BCUT2D eigenvalue weighted by Crippen LogP contribution is -2.36. The minimum absolute atomic E-state index is 0.0368. The van der Waals surface area contributed by atoms with Gasteiger partial charge >= 0.3 is 12.4 Å². The van der Waals surface area contributed by atoms with Crippen LogP contribution in [0.25, 0.3) is 17.6 Å². The van der Waals surface area contributed by atoms with Crippen LogP contribution in [-0.2, 0) is 17.1 Å². The Kier molecular flexibility index (Phi) is 6.91. The molecule has 2 aromatic rings. The standard InChI is InChI=1S/C20H21F6N5O/c1-30-5-2-13(3-6-30)11-27-17(32)4-7-31-12-28-18(29-31)14-8-15(19(21,22)23)10-16(9-14)20(24,25)26/h4,7-10,12-13H,2-3,5-6,11H2,1H3,(H,27,32). The number of nitrogens with zero attached hydrogens (tertiary/aromatic N) is 4. The van der Waals surface area contributed by atoms with Crippen molar-refractivity contribution in [3.63, 3.8) is 0 Å². The van der Waals surface area contributed by atoms with Crippen molar-refractivity contribution in [3.8, 4) is 11.4 Å². The second-order valence-corrected chi connectivity index (χ2v) is 7.65. The Labute approximate surface area is 179 Å². The lowest BCUT2D eigenvalue weighted by Gasteiger charge is -2.28. The van der Waals surface area contributed by atoms with E-state index in [0.29, 0.717) is 24.6 Å². The highest BCUT2D eigenvalue weighted by Gasteiger charge is 2.37. The first-order valence-electron chi connectivity index (χ1n) is 9.77. The molecule has 0 aliphatic carbocycles. The van der Waals surface area contributed by atoms with Crippen LogP contribution in [0.3, 0.4) is 0 Å². The smallest absolute Gasteiger partial charge is 0.352 e. The van der Waals surface area contributed by atoms with E-state index in [4.69, 9.17) is 0 Å². The molecule has 0 unspecified atom stereocenters. The number of benzene rings is 1. The molecule has 2 heterocycles. The van der Waals surface area contributed by atoms with Crippen molar-refractivity contribution in [1.82, 2.24) is 25.0 Å². The van der Waals surface area contributed by atoms with Crippen LogP contribution in [0.5, 0.6) is 0 Å². The number of carbonyl (C=O) groups excluding carboxylic acids is 1. The normalized spacial score (nSPS) is 16.6. The molecule has 32 heavy (non-hydrogen) atoms. The fourth-order valence-corrected chi connectivity index (χ4v) is 3.28. The highest BCUT2D eigenvalue weighted by Crippen LogP contribution is 2.38. The van der Waals surface area contributed by atoms with Gasteiger partial charge in [0.05, 0.1) is 11.1 Å². The second kappa shape index (κ2) is 9.31. The van der Waals surface area contributed by atoms with E-state index in [2.05, 4.69) is 20.3 Å². The zero-order valence-corrected chi connectivity index (χ0v) is 17.0. The Bertz CT molecular complexity index is 941. The number of halogens is 6. The van der Waals surface area contributed by atoms with Gasteiger partial charge < -0.3 is 10.2 Å². The van der Waals surface area contributed by atoms with E-state index in [1.807, 2.05) is 7.05 Å². The number of aromatic nitrogens is 3. The minimum Gasteiger partial charge on any atom is -0.352 e. The molecule has 0 saturated carbocycles. The second-order valence-electron chi connectivity index (χ2n) is 7.65. The third-order valence-electron chi connectivity index (χ3n) is 5.14. The molecule has 3 rings (SSSR count). The first-order valence-corrected chi connectivity index (χ1v) is 9.77. The maximum atomic E-state index is 13.0. The van der Waals surface area contributed by atoms with Gasteiger partial charge in [-0.1, -0.05) is 0 Å². The van der Waals surface area contributed by atoms with Gasteiger partial charge in [-0.3, -0.25) is 4.79 Å². The van der Waals surface area contributed by atoms with E-state index >= 15 is 0 Å². The van der Waals surface area contributed by atoms with Crippen LogP contribution in [0.1, 0.15) is 24.0 Å². The summed E-state index contributed by atoms with van der Waals surface area (Å²) in [4.78, 5) is 18.0. The number of amides is 1. The zero-order chi connectivity index (χ0) is 23.5. The molecule has 0 atom stereocenters. The number of carbonyl (C=O) groups is 1. The number of alkyl halides is 6. The molecule has 1 aliphatic heterocycles. The summed E-state index contributed by atoms with van der Waals surface area (Å²) in [6, 6.07) is 1.13. The van der Waals surface area contributed by atoms with E-state index in [0.717, 1.165) is 36.9 Å². The Balaban J connectivity index is 1.69. The monoisotopic (exact) mass is 461 g/mol. The Hall–Kier alpha value is -2.89. The molecule has 1 aliphatic rings. The van der Waals surface area contributed by atoms with Crippen molar-refractivity contribution >= 4 is 12.1 Å². The average Bonchev–Trinajstić information content (AvgIpc) is 3.19. The SMILES string of the molecule is CN1CCC(CNC(=O)C=Cn2cnc(-c3cc(C(F)(F)F)cc(C(F)(F)F)c3)n2)CC1. The van der Waals surface area contributed by atoms with Crippen molar-refractivity contribution in [2.45, 2.75) is 25.2 Å². The largest absolute Gasteiger partial charge is 0.416 e. The van der Waals surface area contributed by atoms with Crippen molar-refractivity contribution < 1.29 is 31.1 Å². The lowest BCUT2D eigenvalue weighted by molar-refractivity contribution is -0.143. The topological polar surface area (TPSA) is 63.1 Å². The first kappa shape index (κ1) is 23.8. The third kappa shape index (κ3) is 6.31. The first-order chi connectivity index (χ1) is 14.9. The van der Waals surface area contributed by atoms with Crippen LogP contribution in [0.2, 0.25) is 0 Å². The van der Waals surface area contributed by atoms with Crippen molar-refractivity contribution in [3.05, 3.63) is 41.7 Å². The lowest BCUT2D eigenvalue weighted by atomic mass is 9.97. The molecule has 0 spiro atoms. The highest BCUT2D eigenvalue weighted by atomic mass is 19.4. The van der Waals surface area contributed by atoms with Crippen molar-refractivity contribution in [2.24, 2.45) is 5.92 Å². The summed E-state index contributed by atoms with van der Waals surface area (Å²) in [5.74, 6) is -0.345. The van der Waals surface area contributed by atoms with E-state index in [1.54, 1.807) is 0 Å². The number of hydrogen-bond acceptors (Lipinski definition) is 4. The van der Waals surface area contributed by atoms with Gasteiger partial charge in [-0.25, -0.2) is 9.67 Å². The summed E-state index contributed by atoms with van der Waals surface area (Å²) >= 11 is 0. The molecule has 0 radical (unpaired) electrons. The molecule has 1 saturated heterocycles. The van der Waals surface area contributed by atoms with E-state index in [9.17, 15) is 31.1 Å². The third-order valence-corrected chi connectivity index (χ3v) is 5.14. The van der Waals surface area contributed by atoms with Crippen LogP contribution < -0.4 is 5.32 Å². The quantitative estimate of drug-likeness (QED) is 0.542. The van der Waals surface area contributed by atoms with Crippen molar-refractivity contribution in [1.29, 1.82) is 0 Å².